The van der Waals surface area contributed by atoms with Crippen molar-refractivity contribution < 1.29 is 27.9 Å². The summed E-state index contributed by atoms with van der Waals surface area (Å²) < 4.78 is 33.8. The van der Waals surface area contributed by atoms with Gasteiger partial charge in [0.2, 0.25) is 15.9 Å². The first-order chi connectivity index (χ1) is 21.9. The van der Waals surface area contributed by atoms with Crippen LogP contribution in [0.3, 0.4) is 0 Å². The predicted molar refractivity (Wildman–Crippen MR) is 179 cm³/mol. The molecule has 1 aromatic carbocycles. The summed E-state index contributed by atoms with van der Waals surface area (Å²) in [5.41, 5.74) is 0.714. The van der Waals surface area contributed by atoms with E-state index in [1.54, 1.807) is 4.31 Å². The van der Waals surface area contributed by atoms with Gasteiger partial charge in [-0.15, -0.1) is 0 Å². The normalized spacial score (nSPS) is 31.8. The van der Waals surface area contributed by atoms with Crippen LogP contribution < -0.4 is 16.0 Å². The molecule has 1 aromatic rings. The Morgan fingerprint density at radius 1 is 1.13 bits per heavy atom. The minimum absolute atomic E-state index is 0.0119. The maximum absolute atomic E-state index is 14.4. The van der Waals surface area contributed by atoms with Gasteiger partial charge in [-0.05, 0) is 108 Å². The van der Waals surface area contributed by atoms with Crippen molar-refractivity contribution in [2.75, 3.05) is 32.0 Å². The van der Waals surface area contributed by atoms with Crippen LogP contribution in [0.2, 0.25) is 5.02 Å². The van der Waals surface area contributed by atoms with E-state index in [9.17, 15) is 23.1 Å². The quantitative estimate of drug-likeness (QED) is 0.227. The number of nitrogens with zero attached hydrogens (tertiary/aromatic N) is 1. The number of amides is 1. The summed E-state index contributed by atoms with van der Waals surface area (Å²) in [4.78, 5) is 25.6. The fraction of sp³-hybridized carbons (Fsp3) is 0.765. The molecule has 3 aliphatic heterocycles. The smallest absolute Gasteiger partial charge is 0.303 e. The molecule has 2 bridgehead atoms. The molecule has 4 aliphatic rings. The van der Waals surface area contributed by atoms with Gasteiger partial charge in [-0.3, -0.25) is 9.59 Å². The average Bonchev–Trinajstić information content (AvgIpc) is 3.39. The summed E-state index contributed by atoms with van der Waals surface area (Å²) in [6.07, 6.45) is 8.23. The van der Waals surface area contributed by atoms with Crippen molar-refractivity contribution in [2.45, 2.75) is 120 Å². The largest absolute Gasteiger partial charge is 0.481 e. The van der Waals surface area contributed by atoms with E-state index in [4.69, 9.17) is 16.3 Å². The number of nitrogens with one attached hydrogen (secondary N) is 3. The lowest BCUT2D eigenvalue weighted by Gasteiger charge is -2.42. The minimum atomic E-state index is -3.24. The number of benzene rings is 1. The number of carbonyl (C=O) groups excluding carboxylic acids is 1. The second-order valence-electron chi connectivity index (χ2n) is 14.5. The van der Waals surface area contributed by atoms with Crippen molar-refractivity contribution >= 4 is 33.5 Å². The lowest BCUT2D eigenvalue weighted by Crippen LogP contribution is -2.57. The number of ether oxygens (including phenoxy) is 1. The summed E-state index contributed by atoms with van der Waals surface area (Å²) in [5, 5.41) is 20.4. The summed E-state index contributed by atoms with van der Waals surface area (Å²) in [6.45, 7) is 6.45. The van der Waals surface area contributed by atoms with E-state index in [1.165, 1.54) is 0 Å². The maximum Gasteiger partial charge on any atom is 0.303 e. The molecule has 5 rings (SSSR count). The van der Waals surface area contributed by atoms with Gasteiger partial charge in [-0.1, -0.05) is 30.2 Å². The molecule has 10 nitrogen and oxygen atoms in total. The van der Waals surface area contributed by atoms with E-state index in [0.717, 1.165) is 56.9 Å². The van der Waals surface area contributed by atoms with Crippen molar-refractivity contribution in [1.29, 1.82) is 0 Å². The van der Waals surface area contributed by atoms with Gasteiger partial charge < -0.3 is 25.8 Å². The van der Waals surface area contributed by atoms with Gasteiger partial charge in [0.05, 0.1) is 17.4 Å². The third kappa shape index (κ3) is 9.23. The molecule has 4 N–H and O–H groups in total. The molecule has 0 aromatic heterocycles. The van der Waals surface area contributed by atoms with E-state index in [-0.39, 0.29) is 59.6 Å². The highest BCUT2D eigenvalue weighted by atomic mass is 35.5. The van der Waals surface area contributed by atoms with Crippen LogP contribution in [0.25, 0.3) is 0 Å². The van der Waals surface area contributed by atoms with E-state index in [0.29, 0.717) is 44.1 Å². The number of halogens is 1. The van der Waals surface area contributed by atoms with E-state index >= 15 is 0 Å². The number of carbonyl (C=O) groups is 2. The number of fused-ring (bicyclic) bond motifs is 2. The summed E-state index contributed by atoms with van der Waals surface area (Å²) in [5.74, 6) is -0.392. The molecule has 3 heterocycles. The Bertz CT molecular complexity index is 1290. The Morgan fingerprint density at radius 3 is 2.65 bits per heavy atom. The van der Waals surface area contributed by atoms with E-state index < -0.39 is 22.0 Å². The molecule has 4 unspecified atom stereocenters. The Hall–Kier alpha value is -1.76. The monoisotopic (exact) mass is 680 g/mol. The topological polar surface area (TPSA) is 137 Å². The number of aliphatic carboxylic acids is 1. The van der Waals surface area contributed by atoms with Gasteiger partial charge in [0.1, 0.15) is 0 Å². The Morgan fingerprint density at radius 2 is 1.91 bits per heavy atom. The summed E-state index contributed by atoms with van der Waals surface area (Å²) >= 11 is 6.28. The Kier molecular flexibility index (Phi) is 12.1. The highest BCUT2D eigenvalue weighted by Crippen LogP contribution is 2.41. The SMILES string of the molecule is CC1(C)CC(C(c2ccc(Cl)cc2)C(NCCCC(=O)O)C(=O)N[C@H]2CCC[C@@H]2CC[C@H]2CN[C@@H]3CCCS(=O)(=O)N2C3)CCO1. The molecule has 0 radical (unpaired) electrons. The van der Waals surface area contributed by atoms with Gasteiger partial charge in [0, 0.05) is 55.2 Å². The summed E-state index contributed by atoms with van der Waals surface area (Å²) in [7, 11) is -3.24. The number of sulfonamides is 1. The van der Waals surface area contributed by atoms with Crippen LogP contribution in [0, 0.1) is 11.8 Å². The Labute approximate surface area is 279 Å². The van der Waals surface area contributed by atoms with Crippen molar-refractivity contribution in [3.63, 3.8) is 0 Å². The van der Waals surface area contributed by atoms with Gasteiger partial charge in [0.15, 0.2) is 0 Å². The predicted octanol–water partition coefficient (Wildman–Crippen LogP) is 4.28. The van der Waals surface area contributed by atoms with Crippen LogP contribution in [-0.4, -0.2) is 91.5 Å². The van der Waals surface area contributed by atoms with Crippen molar-refractivity contribution in [1.82, 2.24) is 20.3 Å². The first-order valence-corrected chi connectivity index (χ1v) is 19.3. The second kappa shape index (κ2) is 15.6. The molecule has 258 valence electrons. The zero-order valence-corrected chi connectivity index (χ0v) is 29.0. The number of carboxylic acids is 1. The van der Waals surface area contributed by atoms with Crippen LogP contribution in [0.15, 0.2) is 24.3 Å². The third-order valence-electron chi connectivity index (χ3n) is 10.7. The van der Waals surface area contributed by atoms with E-state index in [2.05, 4.69) is 29.8 Å². The summed E-state index contributed by atoms with van der Waals surface area (Å²) in [6, 6.07) is 7.39. The molecule has 4 fully saturated rings. The molecule has 1 amide bonds. The molecule has 1 aliphatic carbocycles. The fourth-order valence-electron chi connectivity index (χ4n) is 8.38. The highest BCUT2D eigenvalue weighted by molar-refractivity contribution is 7.89. The van der Waals surface area contributed by atoms with Crippen molar-refractivity contribution in [3.05, 3.63) is 34.9 Å². The molecule has 8 atom stereocenters. The van der Waals surface area contributed by atoms with Gasteiger partial charge >= 0.3 is 5.97 Å². The number of hydrogen-bond acceptors (Lipinski definition) is 7. The fourth-order valence-corrected chi connectivity index (χ4v) is 10.3. The van der Waals surface area contributed by atoms with Gasteiger partial charge in [-0.25, -0.2) is 8.42 Å². The standard InChI is InChI=1S/C34H53ClN4O6S/c1-34(2)20-25(16-18-45-34)31(24-10-13-26(35)14-11-24)32(36-17-4-9-30(40)41)33(42)38-29-8-3-6-23(29)12-15-28-21-37-27-7-5-19-46(43,44)39(28)22-27/h10-11,13-14,23,25,27-29,31-32,36-37H,3-9,12,15-22H2,1-2H3,(H,38,42)(H,40,41)/t23-,25?,27-,28+,29+,31?,32?/m1/s1. The number of rotatable bonds is 13. The average molecular weight is 681 g/mol. The zero-order chi connectivity index (χ0) is 32.9. The van der Waals surface area contributed by atoms with Crippen molar-refractivity contribution in [3.8, 4) is 0 Å². The molecule has 3 saturated heterocycles. The van der Waals surface area contributed by atoms with Crippen LogP contribution in [0.4, 0.5) is 0 Å². The Balaban J connectivity index is 1.31. The van der Waals surface area contributed by atoms with Gasteiger partial charge in [-0.2, -0.15) is 4.31 Å². The first kappa shape index (κ1) is 35.5. The minimum Gasteiger partial charge on any atom is -0.481 e. The lowest BCUT2D eigenvalue weighted by molar-refractivity contribution is -0.137. The molecule has 46 heavy (non-hydrogen) atoms. The van der Waals surface area contributed by atoms with Crippen LogP contribution in [-0.2, 0) is 24.3 Å². The third-order valence-corrected chi connectivity index (χ3v) is 12.9. The highest BCUT2D eigenvalue weighted by Gasteiger charge is 2.42. The van der Waals surface area contributed by atoms with E-state index in [1.807, 2.05) is 24.3 Å². The zero-order valence-electron chi connectivity index (χ0n) is 27.4. The molecular formula is C34H53ClN4O6S. The van der Waals surface area contributed by atoms with Gasteiger partial charge in [0.25, 0.3) is 0 Å². The van der Waals surface area contributed by atoms with Crippen molar-refractivity contribution in [2.24, 2.45) is 11.8 Å². The molecular weight excluding hydrogens is 628 g/mol. The maximum atomic E-state index is 14.4. The van der Waals surface area contributed by atoms with Crippen LogP contribution in [0.1, 0.15) is 96.0 Å². The lowest BCUT2D eigenvalue weighted by atomic mass is 9.73. The number of piperazine rings is 1. The molecule has 1 saturated carbocycles. The number of hydrogen-bond donors (Lipinski definition) is 4. The molecule has 12 heteroatoms. The second-order valence-corrected chi connectivity index (χ2v) is 17.0. The van der Waals surface area contributed by atoms with Crippen LogP contribution in [0.5, 0.6) is 0 Å². The molecule has 0 spiro atoms. The first-order valence-electron chi connectivity index (χ1n) is 17.3. The van der Waals surface area contributed by atoms with Crippen LogP contribution >= 0.6 is 11.6 Å². The number of carboxylic acid groups (broad SMARTS) is 1.